The minimum atomic E-state index is -0.984. The van der Waals surface area contributed by atoms with Crippen molar-refractivity contribution in [3.8, 4) is 0 Å². The van der Waals surface area contributed by atoms with Gasteiger partial charge in [-0.3, -0.25) is 9.59 Å². The van der Waals surface area contributed by atoms with Crippen LogP contribution in [0.25, 0.3) is 0 Å². The van der Waals surface area contributed by atoms with Gasteiger partial charge in [-0.1, -0.05) is 166 Å². The number of allylic oxidation sites excluding steroid dienone is 4. The summed E-state index contributed by atoms with van der Waals surface area (Å²) < 4.78 is 10.3. The van der Waals surface area contributed by atoms with E-state index in [0.717, 1.165) is 64.2 Å². The van der Waals surface area contributed by atoms with Crippen LogP contribution in [0.5, 0.6) is 0 Å². The molecule has 0 radical (unpaired) electrons. The second kappa shape index (κ2) is 35.9. The molecule has 0 saturated heterocycles. The molecule has 0 rings (SSSR count). The molecule has 6 heteroatoms. The summed E-state index contributed by atoms with van der Waals surface area (Å²) in [5.74, 6) is -0.613. The minimum absolute atomic E-state index is 0.133. The zero-order chi connectivity index (χ0) is 33.8. The molecule has 2 atom stereocenters. The van der Waals surface area contributed by atoms with Crippen LogP contribution in [0, 0.1) is 0 Å². The molecule has 0 aromatic heterocycles. The van der Waals surface area contributed by atoms with Crippen LogP contribution in [-0.4, -0.2) is 47.6 Å². The number of hydrogen-bond donors (Lipinski definition) is 2. The lowest BCUT2D eigenvalue weighted by molar-refractivity contribution is -0.152. The van der Waals surface area contributed by atoms with Gasteiger partial charge < -0.3 is 19.7 Å². The van der Waals surface area contributed by atoms with E-state index in [0.29, 0.717) is 19.3 Å². The van der Waals surface area contributed by atoms with Crippen molar-refractivity contribution in [3.63, 3.8) is 0 Å². The zero-order valence-corrected chi connectivity index (χ0v) is 29.9. The number of hydrogen-bond acceptors (Lipinski definition) is 6. The van der Waals surface area contributed by atoms with Gasteiger partial charge in [0.15, 0.2) is 0 Å². The van der Waals surface area contributed by atoms with Crippen molar-refractivity contribution < 1.29 is 29.3 Å². The molecule has 6 nitrogen and oxygen atoms in total. The molecule has 0 bridgehead atoms. The van der Waals surface area contributed by atoms with Crippen LogP contribution in [-0.2, 0) is 19.1 Å². The molecule has 2 N–H and O–H groups in total. The van der Waals surface area contributed by atoms with Crippen molar-refractivity contribution in [1.29, 1.82) is 0 Å². The minimum Gasteiger partial charge on any atom is -0.463 e. The molecule has 0 aliphatic carbocycles. The first-order valence-corrected chi connectivity index (χ1v) is 19.1. The lowest BCUT2D eigenvalue weighted by Gasteiger charge is -2.12. The summed E-state index contributed by atoms with van der Waals surface area (Å²) >= 11 is 0. The molecule has 0 aromatic rings. The maximum absolute atomic E-state index is 12.0. The first-order chi connectivity index (χ1) is 22.5. The molecule has 0 aliphatic rings. The fourth-order valence-electron chi connectivity index (χ4n) is 5.30. The van der Waals surface area contributed by atoms with E-state index in [2.05, 4.69) is 26.0 Å². The summed E-state index contributed by atoms with van der Waals surface area (Å²) in [6.45, 7) is 4.07. The van der Waals surface area contributed by atoms with Gasteiger partial charge >= 0.3 is 11.9 Å². The van der Waals surface area contributed by atoms with E-state index in [1.807, 2.05) is 24.3 Å². The molecular formula is C40H72O6. The van der Waals surface area contributed by atoms with Crippen LogP contribution < -0.4 is 0 Å². The molecular weight excluding hydrogens is 576 g/mol. The largest absolute Gasteiger partial charge is 0.463 e. The van der Waals surface area contributed by atoms with Crippen LogP contribution in [0.1, 0.15) is 181 Å². The third-order valence-electron chi connectivity index (χ3n) is 8.22. The SMILES string of the molecule is CC/C=C/CC(O)/C=C/C=C/CCCCCCCC(=O)OC[C@H](O)COC(=O)CCCCCCCCCCCCCCCCCC. The van der Waals surface area contributed by atoms with E-state index in [1.54, 1.807) is 0 Å². The standard InChI is InChI=1S/C40H72O6/c1-3-5-7-8-9-10-11-12-13-14-15-16-19-22-25-29-33-39(43)45-35-38(42)36-46-40(44)34-30-26-23-20-17-18-21-24-28-32-37(41)31-27-6-4-2/h6,21,24,27-28,32,37-38,41-42H,3-5,7-20,22-23,25-26,29-31,33-36H2,1-2H3/b24-21+,27-6+,32-28+/t37?,38-/m1/s1. The Balaban J connectivity index is 3.49. The molecule has 0 aromatic carbocycles. The van der Waals surface area contributed by atoms with Crippen molar-refractivity contribution >= 4 is 11.9 Å². The molecule has 0 heterocycles. The molecule has 0 spiro atoms. The summed E-state index contributed by atoms with van der Waals surface area (Å²) in [5.41, 5.74) is 0. The fourth-order valence-corrected chi connectivity index (χ4v) is 5.30. The Morgan fingerprint density at radius 1 is 0.543 bits per heavy atom. The van der Waals surface area contributed by atoms with Crippen LogP contribution in [0.2, 0.25) is 0 Å². The number of aliphatic hydroxyl groups is 2. The normalized spacial score (nSPS) is 13.2. The van der Waals surface area contributed by atoms with Gasteiger partial charge in [0.05, 0.1) is 6.10 Å². The Morgan fingerprint density at radius 2 is 0.978 bits per heavy atom. The number of unbranched alkanes of at least 4 members (excludes halogenated alkanes) is 20. The van der Waals surface area contributed by atoms with Crippen LogP contribution >= 0.6 is 0 Å². The van der Waals surface area contributed by atoms with Gasteiger partial charge in [0.1, 0.15) is 19.3 Å². The smallest absolute Gasteiger partial charge is 0.305 e. The molecule has 46 heavy (non-hydrogen) atoms. The lowest BCUT2D eigenvalue weighted by atomic mass is 10.0. The molecule has 0 saturated carbocycles. The molecule has 0 amide bonds. The van der Waals surface area contributed by atoms with E-state index in [4.69, 9.17) is 9.47 Å². The summed E-state index contributed by atoms with van der Waals surface area (Å²) in [5, 5.41) is 19.8. The fraction of sp³-hybridized carbons (Fsp3) is 0.800. The average molecular weight is 649 g/mol. The Morgan fingerprint density at radius 3 is 1.43 bits per heavy atom. The Hall–Kier alpha value is -1.92. The Kier molecular flexibility index (Phi) is 34.4. The number of aliphatic hydroxyl groups excluding tert-OH is 2. The van der Waals surface area contributed by atoms with Gasteiger partial charge in [-0.15, -0.1) is 0 Å². The first-order valence-electron chi connectivity index (χ1n) is 19.1. The van der Waals surface area contributed by atoms with E-state index in [9.17, 15) is 19.8 Å². The predicted octanol–water partition coefficient (Wildman–Crippen LogP) is 10.6. The summed E-state index contributed by atoms with van der Waals surface area (Å²) in [4.78, 5) is 23.9. The van der Waals surface area contributed by atoms with Crippen molar-refractivity contribution in [2.75, 3.05) is 13.2 Å². The van der Waals surface area contributed by atoms with Crippen molar-refractivity contribution in [2.24, 2.45) is 0 Å². The van der Waals surface area contributed by atoms with Crippen molar-refractivity contribution in [3.05, 3.63) is 36.5 Å². The van der Waals surface area contributed by atoms with E-state index >= 15 is 0 Å². The molecule has 0 aliphatic heterocycles. The maximum Gasteiger partial charge on any atom is 0.305 e. The van der Waals surface area contributed by atoms with Crippen LogP contribution in [0.15, 0.2) is 36.5 Å². The van der Waals surface area contributed by atoms with Gasteiger partial charge in [-0.05, 0) is 38.5 Å². The number of rotatable bonds is 34. The lowest BCUT2D eigenvalue weighted by Crippen LogP contribution is -2.25. The highest BCUT2D eigenvalue weighted by Crippen LogP contribution is 2.14. The van der Waals surface area contributed by atoms with Crippen LogP contribution in [0.3, 0.4) is 0 Å². The van der Waals surface area contributed by atoms with Gasteiger partial charge in [0.2, 0.25) is 0 Å². The van der Waals surface area contributed by atoms with Gasteiger partial charge in [0.25, 0.3) is 0 Å². The number of carbonyl (C=O) groups is 2. The number of carbonyl (C=O) groups excluding carboxylic acids is 2. The van der Waals surface area contributed by atoms with Gasteiger partial charge in [-0.25, -0.2) is 0 Å². The number of ether oxygens (including phenoxy) is 2. The first kappa shape index (κ1) is 44.1. The maximum atomic E-state index is 12.0. The van der Waals surface area contributed by atoms with E-state index in [-0.39, 0.29) is 25.2 Å². The topological polar surface area (TPSA) is 93.1 Å². The van der Waals surface area contributed by atoms with Gasteiger partial charge in [-0.2, -0.15) is 0 Å². The average Bonchev–Trinajstić information content (AvgIpc) is 3.05. The Bertz CT molecular complexity index is 759. The highest BCUT2D eigenvalue weighted by atomic mass is 16.6. The second-order valence-corrected chi connectivity index (χ2v) is 12.9. The summed E-state index contributed by atoms with van der Waals surface area (Å²) in [6.07, 6.45) is 39.6. The van der Waals surface area contributed by atoms with E-state index in [1.165, 1.54) is 83.5 Å². The summed E-state index contributed by atoms with van der Waals surface area (Å²) in [6, 6.07) is 0. The van der Waals surface area contributed by atoms with Crippen LogP contribution in [0.4, 0.5) is 0 Å². The second-order valence-electron chi connectivity index (χ2n) is 12.9. The Labute approximate surface area is 283 Å². The third-order valence-corrected chi connectivity index (χ3v) is 8.22. The monoisotopic (exact) mass is 649 g/mol. The number of esters is 2. The van der Waals surface area contributed by atoms with E-state index < -0.39 is 12.2 Å². The molecule has 268 valence electrons. The highest BCUT2D eigenvalue weighted by Gasteiger charge is 2.12. The van der Waals surface area contributed by atoms with Crippen molar-refractivity contribution in [2.45, 2.75) is 193 Å². The zero-order valence-electron chi connectivity index (χ0n) is 29.9. The van der Waals surface area contributed by atoms with Crippen molar-refractivity contribution in [1.82, 2.24) is 0 Å². The third kappa shape index (κ3) is 34.9. The quantitative estimate of drug-likeness (QED) is 0.0312. The summed E-state index contributed by atoms with van der Waals surface area (Å²) in [7, 11) is 0. The molecule has 0 fully saturated rings. The highest BCUT2D eigenvalue weighted by molar-refractivity contribution is 5.69. The molecule has 1 unspecified atom stereocenters. The predicted molar refractivity (Wildman–Crippen MR) is 193 cm³/mol. The van der Waals surface area contributed by atoms with Gasteiger partial charge in [0, 0.05) is 12.8 Å².